The second-order valence-corrected chi connectivity index (χ2v) is 8.59. The van der Waals surface area contributed by atoms with Gasteiger partial charge in [0.2, 0.25) is 8.38 Å². The molecule has 3 rings (SSSR count). The van der Waals surface area contributed by atoms with E-state index in [0.29, 0.717) is 16.9 Å². The van der Waals surface area contributed by atoms with Crippen molar-refractivity contribution < 1.29 is 9.05 Å². The van der Waals surface area contributed by atoms with Crippen LogP contribution < -0.4 is 5.30 Å². The molecule has 2 aliphatic rings. The van der Waals surface area contributed by atoms with E-state index in [1.807, 2.05) is 6.07 Å². The van der Waals surface area contributed by atoms with Gasteiger partial charge in [-0.2, -0.15) is 0 Å². The molecule has 3 heteroatoms. The van der Waals surface area contributed by atoms with Gasteiger partial charge in [0.25, 0.3) is 0 Å². The van der Waals surface area contributed by atoms with E-state index in [1.165, 1.54) is 24.6 Å². The van der Waals surface area contributed by atoms with E-state index in [1.54, 1.807) is 7.11 Å². The monoisotopic (exact) mass is 292 g/mol. The zero-order chi connectivity index (χ0) is 14.4. The largest absolute Gasteiger partial charge is 0.334 e. The van der Waals surface area contributed by atoms with Gasteiger partial charge in [0.15, 0.2) is 0 Å². The number of hydrogen-bond donors (Lipinski definition) is 0. The molecule has 0 saturated heterocycles. The average Bonchev–Trinajstić information content (AvgIpc) is 2.78. The van der Waals surface area contributed by atoms with Crippen molar-refractivity contribution in [3.63, 3.8) is 0 Å². The first-order valence-electron chi connectivity index (χ1n) is 7.55. The highest BCUT2D eigenvalue weighted by atomic mass is 31.2. The molecule has 20 heavy (non-hydrogen) atoms. The molecule has 0 radical (unpaired) electrons. The topological polar surface area (TPSA) is 18.5 Å². The van der Waals surface area contributed by atoms with Crippen molar-refractivity contribution in [2.45, 2.75) is 46.1 Å². The van der Waals surface area contributed by atoms with Gasteiger partial charge in [-0.3, -0.25) is 0 Å². The van der Waals surface area contributed by atoms with Crippen LogP contribution in [0.5, 0.6) is 0 Å². The van der Waals surface area contributed by atoms with E-state index in [0.717, 1.165) is 5.92 Å². The summed E-state index contributed by atoms with van der Waals surface area (Å²) in [6.45, 7) is 7.26. The summed E-state index contributed by atoms with van der Waals surface area (Å²) in [6.07, 6.45) is 4.18. The molecular weight excluding hydrogens is 267 g/mol. The maximum atomic E-state index is 6.46. The Hall–Kier alpha value is -0.430. The van der Waals surface area contributed by atoms with E-state index in [4.69, 9.17) is 9.05 Å². The summed E-state index contributed by atoms with van der Waals surface area (Å²) in [7, 11) is 0.814. The van der Waals surface area contributed by atoms with Crippen molar-refractivity contribution in [3.05, 3.63) is 30.3 Å². The van der Waals surface area contributed by atoms with Gasteiger partial charge in [-0.15, -0.1) is 0 Å². The van der Waals surface area contributed by atoms with Crippen LogP contribution in [0.2, 0.25) is 0 Å². The molecule has 4 atom stereocenters. The van der Waals surface area contributed by atoms with Crippen LogP contribution in [0, 0.1) is 16.7 Å². The third kappa shape index (κ3) is 2.04. The molecule has 2 bridgehead atoms. The summed E-state index contributed by atoms with van der Waals surface area (Å²) in [6, 6.07) is 10.4. The number of rotatable bonds is 4. The van der Waals surface area contributed by atoms with Crippen LogP contribution >= 0.6 is 8.38 Å². The quantitative estimate of drug-likeness (QED) is 0.761. The summed E-state index contributed by atoms with van der Waals surface area (Å²) in [4.78, 5) is 0. The Kier molecular flexibility index (Phi) is 3.69. The number of benzene rings is 1. The highest BCUT2D eigenvalue weighted by Crippen LogP contribution is 2.67. The van der Waals surface area contributed by atoms with Gasteiger partial charge >= 0.3 is 0 Å². The molecular formula is C17H25O2P. The SMILES string of the molecule is COP(OC1CC2CCC1(C)C2(C)C)c1ccccc1. The Balaban J connectivity index is 1.79. The van der Waals surface area contributed by atoms with Crippen molar-refractivity contribution in [1.82, 2.24) is 0 Å². The summed E-state index contributed by atoms with van der Waals surface area (Å²) in [5.41, 5.74) is 0.689. The Morgan fingerprint density at radius 2 is 1.85 bits per heavy atom. The predicted molar refractivity (Wildman–Crippen MR) is 84.1 cm³/mol. The minimum absolute atomic E-state index is 0.297. The van der Waals surface area contributed by atoms with E-state index in [9.17, 15) is 0 Å². The zero-order valence-electron chi connectivity index (χ0n) is 12.9. The Labute approximate surface area is 123 Å². The summed E-state index contributed by atoms with van der Waals surface area (Å²) < 4.78 is 12.1. The van der Waals surface area contributed by atoms with Gasteiger partial charge in [0.1, 0.15) is 0 Å². The van der Waals surface area contributed by atoms with Gasteiger partial charge in [0, 0.05) is 12.4 Å². The van der Waals surface area contributed by atoms with Gasteiger partial charge in [-0.05, 0) is 48.1 Å². The lowest BCUT2D eigenvalue weighted by Crippen LogP contribution is -2.36. The van der Waals surface area contributed by atoms with Crippen molar-refractivity contribution in [1.29, 1.82) is 0 Å². The van der Waals surface area contributed by atoms with Crippen molar-refractivity contribution in [3.8, 4) is 0 Å². The summed E-state index contributed by atoms with van der Waals surface area (Å²) >= 11 is 0. The van der Waals surface area contributed by atoms with Crippen LogP contribution in [0.3, 0.4) is 0 Å². The lowest BCUT2D eigenvalue weighted by Gasteiger charge is -2.39. The predicted octanol–water partition coefficient (Wildman–Crippen LogP) is 4.50. The Morgan fingerprint density at radius 3 is 2.35 bits per heavy atom. The molecule has 1 aromatic carbocycles. The molecule has 0 heterocycles. The first-order valence-corrected chi connectivity index (χ1v) is 8.73. The first-order chi connectivity index (χ1) is 9.49. The van der Waals surface area contributed by atoms with Gasteiger partial charge in [-0.25, -0.2) is 0 Å². The standard InChI is InChI=1S/C17H25O2P/c1-16(2)13-10-11-17(16,3)15(12-13)19-20(18-4)14-8-6-5-7-9-14/h5-9,13,15H,10-12H2,1-4H3. The van der Waals surface area contributed by atoms with Crippen molar-refractivity contribution in [2.75, 3.05) is 7.11 Å². The fourth-order valence-corrected chi connectivity index (χ4v) is 5.55. The van der Waals surface area contributed by atoms with Crippen LogP contribution in [-0.4, -0.2) is 13.2 Å². The van der Waals surface area contributed by atoms with E-state index >= 15 is 0 Å². The molecule has 2 fully saturated rings. The molecule has 0 aromatic heterocycles. The molecule has 2 nitrogen and oxygen atoms in total. The highest BCUT2D eigenvalue weighted by Gasteiger charge is 2.62. The minimum atomic E-state index is -0.950. The molecule has 110 valence electrons. The lowest BCUT2D eigenvalue weighted by atomic mass is 9.70. The zero-order valence-corrected chi connectivity index (χ0v) is 13.8. The fraction of sp³-hybridized carbons (Fsp3) is 0.647. The molecule has 4 unspecified atom stereocenters. The maximum absolute atomic E-state index is 6.46. The van der Waals surface area contributed by atoms with Crippen LogP contribution in [0.25, 0.3) is 0 Å². The van der Waals surface area contributed by atoms with Crippen molar-refractivity contribution >= 4 is 13.7 Å². The summed E-state index contributed by atoms with van der Waals surface area (Å²) in [5.74, 6) is 0.807. The van der Waals surface area contributed by atoms with Gasteiger partial charge in [0.05, 0.1) is 6.10 Å². The fourth-order valence-electron chi connectivity index (χ4n) is 4.16. The van der Waals surface area contributed by atoms with Gasteiger partial charge in [-0.1, -0.05) is 39.0 Å². The smallest absolute Gasteiger partial charge is 0.205 e. The molecule has 2 saturated carbocycles. The van der Waals surface area contributed by atoms with E-state index in [-0.39, 0.29) is 0 Å². The van der Waals surface area contributed by atoms with Crippen LogP contribution in [0.4, 0.5) is 0 Å². The number of hydrogen-bond acceptors (Lipinski definition) is 2. The molecule has 0 amide bonds. The molecule has 0 aliphatic heterocycles. The van der Waals surface area contributed by atoms with E-state index < -0.39 is 8.38 Å². The third-order valence-corrected chi connectivity index (χ3v) is 7.57. The Morgan fingerprint density at radius 1 is 1.15 bits per heavy atom. The number of fused-ring (bicyclic) bond motifs is 2. The van der Waals surface area contributed by atoms with Gasteiger partial charge < -0.3 is 9.05 Å². The highest BCUT2D eigenvalue weighted by molar-refractivity contribution is 7.56. The van der Waals surface area contributed by atoms with Crippen molar-refractivity contribution in [2.24, 2.45) is 16.7 Å². The first kappa shape index (κ1) is 14.5. The van der Waals surface area contributed by atoms with Crippen LogP contribution in [-0.2, 0) is 9.05 Å². The summed E-state index contributed by atoms with van der Waals surface area (Å²) in [5, 5.41) is 1.18. The molecule has 1 aromatic rings. The molecule has 0 N–H and O–H groups in total. The maximum Gasteiger partial charge on any atom is 0.205 e. The lowest BCUT2D eigenvalue weighted by molar-refractivity contribution is 0.0311. The third-order valence-electron chi connectivity index (χ3n) is 6.07. The normalized spacial score (nSPS) is 36.2. The second kappa shape index (κ2) is 5.09. The Bertz CT molecular complexity index is 473. The molecule has 2 aliphatic carbocycles. The van der Waals surface area contributed by atoms with Crippen LogP contribution in [0.1, 0.15) is 40.0 Å². The van der Waals surface area contributed by atoms with E-state index in [2.05, 4.69) is 45.0 Å². The second-order valence-electron chi connectivity index (χ2n) is 6.98. The average molecular weight is 292 g/mol. The van der Waals surface area contributed by atoms with Crippen LogP contribution in [0.15, 0.2) is 30.3 Å². The minimum Gasteiger partial charge on any atom is -0.334 e. The molecule has 0 spiro atoms.